The Kier molecular flexibility index (Phi) is 7.09. The molecular weight excluding hydrogens is 317 g/mol. The Morgan fingerprint density at radius 3 is 2.36 bits per heavy atom. The minimum absolute atomic E-state index is 0.0567. The van der Waals surface area contributed by atoms with E-state index in [1.807, 2.05) is 6.08 Å². The summed E-state index contributed by atoms with van der Waals surface area (Å²) in [6, 6.07) is 0. The van der Waals surface area contributed by atoms with Crippen LogP contribution >= 0.6 is 31.9 Å². The first-order valence-electron chi connectivity index (χ1n) is 3.96. The van der Waals surface area contributed by atoms with Crippen molar-refractivity contribution in [2.75, 3.05) is 10.7 Å². The lowest BCUT2D eigenvalue weighted by molar-refractivity contribution is -0.106. The molecule has 0 aromatic heterocycles. The van der Waals surface area contributed by atoms with E-state index in [2.05, 4.69) is 37.6 Å². The maximum Gasteiger partial charge on any atom is 0.204 e. The molecule has 0 aliphatic heterocycles. The van der Waals surface area contributed by atoms with Gasteiger partial charge in [0.25, 0.3) is 0 Å². The summed E-state index contributed by atoms with van der Waals surface area (Å²) in [6.07, 6.45) is 6.22. The molecule has 0 saturated heterocycles. The third-order valence-electron chi connectivity index (χ3n) is 1.78. The molecule has 1 amide bonds. The molecular formula is C9H12Br2FNO. The van der Waals surface area contributed by atoms with Crippen molar-refractivity contribution in [1.82, 2.24) is 0 Å². The van der Waals surface area contributed by atoms with Gasteiger partial charge >= 0.3 is 0 Å². The highest BCUT2D eigenvalue weighted by molar-refractivity contribution is 9.09. The highest BCUT2D eigenvalue weighted by atomic mass is 79.9. The van der Waals surface area contributed by atoms with Crippen molar-refractivity contribution in [3.63, 3.8) is 0 Å². The van der Waals surface area contributed by atoms with Crippen molar-refractivity contribution in [3.8, 4) is 0 Å². The molecule has 0 unspecified atom stereocenters. The number of alkyl halides is 2. The molecule has 0 spiro atoms. The van der Waals surface area contributed by atoms with Gasteiger partial charge in [-0.3, -0.25) is 4.79 Å². The molecule has 2 nitrogen and oxygen atoms in total. The van der Waals surface area contributed by atoms with Gasteiger partial charge in [0, 0.05) is 16.1 Å². The number of nitrogens with two attached hydrogens (primary N) is 1. The van der Waals surface area contributed by atoms with Gasteiger partial charge in [-0.1, -0.05) is 37.9 Å². The lowest BCUT2D eigenvalue weighted by atomic mass is 9.86. The zero-order valence-electron chi connectivity index (χ0n) is 7.55. The standard InChI is InChI=1S/C8H9Br2F.CH3NO/c9-5-8(6-10)3-1-2-7(11)4-8;2-1-3/h1-2,4H,3,5-6H2;1H,(H2,2,3). The Morgan fingerprint density at radius 1 is 1.57 bits per heavy atom. The van der Waals surface area contributed by atoms with E-state index in [0.717, 1.165) is 17.1 Å². The van der Waals surface area contributed by atoms with Gasteiger partial charge in [-0.2, -0.15) is 0 Å². The number of amides is 1. The maximum atomic E-state index is 12.8. The van der Waals surface area contributed by atoms with E-state index < -0.39 is 0 Å². The van der Waals surface area contributed by atoms with Crippen LogP contribution in [0.2, 0.25) is 0 Å². The number of hydrogen-bond acceptors (Lipinski definition) is 1. The highest BCUT2D eigenvalue weighted by Crippen LogP contribution is 2.34. The predicted molar refractivity (Wildman–Crippen MR) is 63.2 cm³/mol. The van der Waals surface area contributed by atoms with Crippen LogP contribution in [0.25, 0.3) is 0 Å². The second-order valence-corrected chi connectivity index (χ2v) is 4.02. The van der Waals surface area contributed by atoms with E-state index in [1.54, 1.807) is 6.08 Å². The van der Waals surface area contributed by atoms with Gasteiger partial charge < -0.3 is 5.73 Å². The Bertz CT molecular complexity index is 237. The molecule has 80 valence electrons. The van der Waals surface area contributed by atoms with Gasteiger partial charge in [-0.05, 0) is 18.6 Å². The molecule has 0 fully saturated rings. The van der Waals surface area contributed by atoms with Crippen LogP contribution in [0, 0.1) is 5.41 Å². The van der Waals surface area contributed by atoms with Crippen molar-refractivity contribution in [1.29, 1.82) is 0 Å². The lowest BCUT2D eigenvalue weighted by Crippen LogP contribution is -2.22. The van der Waals surface area contributed by atoms with Crippen LogP contribution in [0.3, 0.4) is 0 Å². The Morgan fingerprint density at radius 2 is 2.07 bits per heavy atom. The Hall–Kier alpha value is -0.160. The zero-order chi connectivity index (χ0) is 11.0. The van der Waals surface area contributed by atoms with Crippen LogP contribution in [-0.4, -0.2) is 17.1 Å². The number of halogens is 3. The molecule has 1 rings (SSSR count). The molecule has 0 heterocycles. The molecule has 0 saturated carbocycles. The lowest BCUT2D eigenvalue weighted by Gasteiger charge is -2.26. The van der Waals surface area contributed by atoms with E-state index in [-0.39, 0.29) is 17.7 Å². The monoisotopic (exact) mass is 327 g/mol. The number of primary amides is 1. The second-order valence-electron chi connectivity index (χ2n) is 2.90. The first-order chi connectivity index (χ1) is 6.64. The fourth-order valence-electron chi connectivity index (χ4n) is 1.03. The molecule has 0 aromatic carbocycles. The van der Waals surface area contributed by atoms with Crippen LogP contribution < -0.4 is 5.73 Å². The van der Waals surface area contributed by atoms with Crippen molar-refractivity contribution < 1.29 is 9.18 Å². The molecule has 2 N–H and O–H groups in total. The largest absolute Gasteiger partial charge is 0.372 e. The Balaban J connectivity index is 0.000000500. The predicted octanol–water partition coefficient (Wildman–Crippen LogP) is 2.68. The van der Waals surface area contributed by atoms with Crippen molar-refractivity contribution >= 4 is 38.3 Å². The number of carbonyl (C=O) groups is 1. The highest BCUT2D eigenvalue weighted by Gasteiger charge is 2.26. The summed E-state index contributed by atoms with van der Waals surface area (Å²) in [6.45, 7) is 0. The van der Waals surface area contributed by atoms with E-state index in [4.69, 9.17) is 4.79 Å². The number of carbonyl (C=O) groups excluding carboxylic acids is 1. The van der Waals surface area contributed by atoms with E-state index >= 15 is 0 Å². The quantitative estimate of drug-likeness (QED) is 0.614. The van der Waals surface area contributed by atoms with Crippen LogP contribution in [0.5, 0.6) is 0 Å². The average molecular weight is 329 g/mol. The van der Waals surface area contributed by atoms with Crippen LogP contribution in [0.15, 0.2) is 24.1 Å². The van der Waals surface area contributed by atoms with E-state index in [0.29, 0.717) is 0 Å². The van der Waals surface area contributed by atoms with E-state index in [1.165, 1.54) is 6.08 Å². The molecule has 0 bridgehead atoms. The smallest absolute Gasteiger partial charge is 0.204 e. The summed E-state index contributed by atoms with van der Waals surface area (Å²) in [5, 5.41) is 1.59. The van der Waals surface area contributed by atoms with Gasteiger partial charge in [0.15, 0.2) is 0 Å². The van der Waals surface area contributed by atoms with Crippen molar-refractivity contribution in [3.05, 3.63) is 24.1 Å². The normalized spacial score (nSPS) is 17.8. The van der Waals surface area contributed by atoms with Gasteiger partial charge in [0.2, 0.25) is 6.41 Å². The topological polar surface area (TPSA) is 43.1 Å². The second kappa shape index (κ2) is 7.17. The van der Waals surface area contributed by atoms with Crippen LogP contribution in [0.4, 0.5) is 4.39 Å². The van der Waals surface area contributed by atoms with Gasteiger partial charge in [-0.25, -0.2) is 4.39 Å². The van der Waals surface area contributed by atoms with Crippen LogP contribution in [0.1, 0.15) is 6.42 Å². The Labute approximate surface area is 99.7 Å². The summed E-state index contributed by atoms with van der Waals surface area (Å²) < 4.78 is 12.8. The molecule has 14 heavy (non-hydrogen) atoms. The minimum Gasteiger partial charge on any atom is -0.372 e. The fraction of sp³-hybridized carbons (Fsp3) is 0.444. The maximum absolute atomic E-state index is 12.8. The summed E-state index contributed by atoms with van der Waals surface area (Å²) in [4.78, 5) is 8.58. The van der Waals surface area contributed by atoms with Gasteiger partial charge in [0.1, 0.15) is 5.83 Å². The average Bonchev–Trinajstić information content (AvgIpc) is 2.19. The summed E-state index contributed by atoms with van der Waals surface area (Å²) in [5.74, 6) is -0.129. The molecule has 5 heteroatoms. The third kappa shape index (κ3) is 4.37. The number of allylic oxidation sites excluding steroid dienone is 4. The summed E-state index contributed by atoms with van der Waals surface area (Å²) >= 11 is 6.76. The first-order valence-corrected chi connectivity index (χ1v) is 6.20. The van der Waals surface area contributed by atoms with Gasteiger partial charge in [0.05, 0.1) is 0 Å². The molecule has 1 aliphatic carbocycles. The van der Waals surface area contributed by atoms with E-state index in [9.17, 15) is 4.39 Å². The molecule has 0 aromatic rings. The molecule has 1 aliphatic rings. The zero-order valence-corrected chi connectivity index (χ0v) is 10.7. The van der Waals surface area contributed by atoms with Crippen molar-refractivity contribution in [2.24, 2.45) is 11.1 Å². The number of hydrogen-bond donors (Lipinski definition) is 1. The fourth-order valence-corrected chi connectivity index (χ4v) is 2.74. The first kappa shape index (κ1) is 13.8. The summed E-state index contributed by atoms with van der Waals surface area (Å²) in [7, 11) is 0. The molecule has 0 atom stereocenters. The SMILES string of the molecule is FC1=CC(CBr)(CBr)CC=C1.NC=O. The summed E-state index contributed by atoms with van der Waals surface area (Å²) in [5.41, 5.74) is 4.11. The van der Waals surface area contributed by atoms with Crippen LogP contribution in [-0.2, 0) is 4.79 Å². The third-order valence-corrected chi connectivity index (χ3v) is 4.01. The van der Waals surface area contributed by atoms with Crippen molar-refractivity contribution in [2.45, 2.75) is 6.42 Å². The minimum atomic E-state index is -0.129. The number of rotatable bonds is 2. The molecule has 0 radical (unpaired) electrons. The van der Waals surface area contributed by atoms with Gasteiger partial charge in [-0.15, -0.1) is 0 Å².